The zero-order chi connectivity index (χ0) is 21.6. The fourth-order valence-corrected chi connectivity index (χ4v) is 4.80. The largest absolute Gasteiger partial charge is 0.466 e. The molecule has 1 aromatic heterocycles. The first-order chi connectivity index (χ1) is 15.2. The van der Waals surface area contributed by atoms with Crippen molar-refractivity contribution >= 4 is 23.3 Å². The molecule has 0 radical (unpaired) electrons. The lowest BCUT2D eigenvalue weighted by atomic mass is 9.90. The molecule has 0 saturated carbocycles. The summed E-state index contributed by atoms with van der Waals surface area (Å²) in [6, 6.07) is 10.7. The van der Waals surface area contributed by atoms with Gasteiger partial charge in [0.05, 0.1) is 12.5 Å². The maximum atomic E-state index is 12.2. The molecule has 0 bridgehead atoms. The Hall–Kier alpha value is -2.83. The summed E-state index contributed by atoms with van der Waals surface area (Å²) in [5, 5.41) is 0. The number of carbonyl (C=O) groups excluding carboxylic acids is 1. The Bertz CT molecular complexity index is 868. The second-order valence-corrected chi connectivity index (χ2v) is 8.59. The van der Waals surface area contributed by atoms with Gasteiger partial charge in [-0.3, -0.25) is 4.79 Å². The molecule has 2 saturated heterocycles. The zero-order valence-electron chi connectivity index (χ0n) is 18.4. The third-order valence-electron chi connectivity index (χ3n) is 6.46. The molecule has 2 fully saturated rings. The standard InChI is InChI=1S/C24H33N5O2/c1-2-31-24(30)20-9-6-12-29(16-20)23-21(25)22(26-17-27-23)28-13-10-19(11-14-28)15-18-7-4-3-5-8-18/h3-5,7-8,17,19-20H,2,6,9-16,25H2,1H3. The first kappa shape index (κ1) is 21.4. The number of nitrogen functional groups attached to an aromatic ring is 1. The summed E-state index contributed by atoms with van der Waals surface area (Å²) in [4.78, 5) is 25.6. The van der Waals surface area contributed by atoms with Gasteiger partial charge in [0, 0.05) is 26.2 Å². The van der Waals surface area contributed by atoms with Gasteiger partial charge in [-0.05, 0) is 50.5 Å². The Morgan fingerprint density at radius 1 is 1.06 bits per heavy atom. The number of nitrogens with zero attached hydrogens (tertiary/aromatic N) is 4. The van der Waals surface area contributed by atoms with Gasteiger partial charge in [-0.1, -0.05) is 30.3 Å². The second-order valence-electron chi connectivity index (χ2n) is 8.59. The van der Waals surface area contributed by atoms with Crippen LogP contribution in [0.1, 0.15) is 38.2 Å². The highest BCUT2D eigenvalue weighted by Crippen LogP contribution is 2.34. The van der Waals surface area contributed by atoms with Crippen molar-refractivity contribution < 1.29 is 9.53 Å². The van der Waals surface area contributed by atoms with Crippen molar-refractivity contribution in [2.24, 2.45) is 11.8 Å². The number of ether oxygens (including phenoxy) is 1. The van der Waals surface area contributed by atoms with Crippen LogP contribution in [0.25, 0.3) is 0 Å². The van der Waals surface area contributed by atoms with E-state index in [1.807, 2.05) is 6.92 Å². The molecule has 0 amide bonds. The summed E-state index contributed by atoms with van der Waals surface area (Å²) < 4.78 is 5.23. The molecule has 1 atom stereocenters. The Balaban J connectivity index is 1.40. The molecular weight excluding hydrogens is 390 g/mol. The van der Waals surface area contributed by atoms with Crippen molar-refractivity contribution in [3.05, 3.63) is 42.2 Å². The quantitative estimate of drug-likeness (QED) is 0.714. The number of carbonyl (C=O) groups is 1. The van der Waals surface area contributed by atoms with E-state index in [1.54, 1.807) is 6.33 Å². The number of hydrogen-bond acceptors (Lipinski definition) is 7. The molecule has 166 valence electrons. The number of hydrogen-bond donors (Lipinski definition) is 1. The summed E-state index contributed by atoms with van der Waals surface area (Å²) >= 11 is 0. The predicted octanol–water partition coefficient (Wildman–Crippen LogP) is 3.30. The van der Waals surface area contributed by atoms with Gasteiger partial charge < -0.3 is 20.3 Å². The molecule has 2 aliphatic heterocycles. The maximum absolute atomic E-state index is 12.2. The number of rotatable bonds is 6. The number of esters is 1. The van der Waals surface area contributed by atoms with Gasteiger partial charge in [0.2, 0.25) is 0 Å². The highest BCUT2D eigenvalue weighted by atomic mass is 16.5. The first-order valence-electron chi connectivity index (χ1n) is 11.5. The minimum Gasteiger partial charge on any atom is -0.466 e. The summed E-state index contributed by atoms with van der Waals surface area (Å²) in [5.74, 6) is 2.00. The molecule has 0 spiro atoms. The van der Waals surface area contributed by atoms with E-state index in [0.717, 1.165) is 63.4 Å². The lowest BCUT2D eigenvalue weighted by Gasteiger charge is -2.36. The van der Waals surface area contributed by atoms with Gasteiger partial charge in [-0.15, -0.1) is 0 Å². The van der Waals surface area contributed by atoms with Crippen LogP contribution in [0.3, 0.4) is 0 Å². The lowest BCUT2D eigenvalue weighted by Crippen LogP contribution is -2.41. The Labute approximate surface area is 184 Å². The molecule has 7 nitrogen and oxygen atoms in total. The molecule has 31 heavy (non-hydrogen) atoms. The number of piperidine rings is 2. The highest BCUT2D eigenvalue weighted by Gasteiger charge is 2.30. The van der Waals surface area contributed by atoms with Crippen LogP contribution >= 0.6 is 0 Å². The molecule has 0 aliphatic carbocycles. The van der Waals surface area contributed by atoms with Crippen LogP contribution in [0.15, 0.2) is 36.7 Å². The molecule has 7 heteroatoms. The van der Waals surface area contributed by atoms with E-state index >= 15 is 0 Å². The van der Waals surface area contributed by atoms with Crippen LogP contribution in [-0.2, 0) is 16.0 Å². The molecule has 4 rings (SSSR count). The van der Waals surface area contributed by atoms with Crippen molar-refractivity contribution in [1.29, 1.82) is 0 Å². The van der Waals surface area contributed by atoms with Crippen molar-refractivity contribution in [1.82, 2.24) is 9.97 Å². The predicted molar refractivity (Wildman–Crippen MR) is 123 cm³/mol. The number of aromatic nitrogens is 2. The highest BCUT2D eigenvalue weighted by molar-refractivity contribution is 5.78. The van der Waals surface area contributed by atoms with Gasteiger partial charge in [0.25, 0.3) is 0 Å². The third-order valence-corrected chi connectivity index (χ3v) is 6.46. The number of nitrogens with two attached hydrogens (primary N) is 1. The van der Waals surface area contributed by atoms with Crippen LogP contribution in [-0.4, -0.2) is 48.7 Å². The fourth-order valence-electron chi connectivity index (χ4n) is 4.80. The van der Waals surface area contributed by atoms with Crippen molar-refractivity contribution in [3.63, 3.8) is 0 Å². The molecule has 2 N–H and O–H groups in total. The van der Waals surface area contributed by atoms with Gasteiger partial charge in [-0.25, -0.2) is 9.97 Å². The van der Waals surface area contributed by atoms with E-state index in [-0.39, 0.29) is 11.9 Å². The average Bonchev–Trinajstić information content (AvgIpc) is 2.81. The normalized spacial score (nSPS) is 20.0. The summed E-state index contributed by atoms with van der Waals surface area (Å²) in [6.45, 7) is 5.59. The minimum atomic E-state index is -0.125. The maximum Gasteiger partial charge on any atom is 0.310 e. The third kappa shape index (κ3) is 5.09. The molecule has 2 aliphatic rings. The topological polar surface area (TPSA) is 84.6 Å². The summed E-state index contributed by atoms with van der Waals surface area (Å²) in [5.41, 5.74) is 8.59. The molecule has 3 heterocycles. The van der Waals surface area contributed by atoms with Gasteiger partial charge in [-0.2, -0.15) is 0 Å². The average molecular weight is 424 g/mol. The smallest absolute Gasteiger partial charge is 0.310 e. The Kier molecular flexibility index (Phi) is 6.89. The summed E-state index contributed by atoms with van der Waals surface area (Å²) in [7, 11) is 0. The van der Waals surface area contributed by atoms with Crippen molar-refractivity contribution in [2.45, 2.75) is 39.0 Å². The van der Waals surface area contributed by atoms with Gasteiger partial charge in [0.1, 0.15) is 12.0 Å². The van der Waals surface area contributed by atoms with E-state index in [0.29, 0.717) is 24.8 Å². The van der Waals surface area contributed by atoms with Crippen LogP contribution in [0.2, 0.25) is 0 Å². The number of anilines is 3. The van der Waals surface area contributed by atoms with Crippen molar-refractivity contribution in [2.75, 3.05) is 48.3 Å². The SMILES string of the molecule is CCOC(=O)C1CCCN(c2ncnc(N3CCC(Cc4ccccc4)CC3)c2N)C1. The van der Waals surface area contributed by atoms with Crippen LogP contribution in [0, 0.1) is 11.8 Å². The van der Waals surface area contributed by atoms with E-state index < -0.39 is 0 Å². The fraction of sp³-hybridized carbons (Fsp3) is 0.542. The van der Waals surface area contributed by atoms with E-state index in [4.69, 9.17) is 10.5 Å². The molecule has 2 aromatic rings. The van der Waals surface area contributed by atoms with E-state index in [2.05, 4.69) is 50.1 Å². The lowest BCUT2D eigenvalue weighted by molar-refractivity contribution is -0.148. The minimum absolute atomic E-state index is 0.125. The van der Waals surface area contributed by atoms with Gasteiger partial charge in [0.15, 0.2) is 11.6 Å². The zero-order valence-corrected chi connectivity index (χ0v) is 18.4. The van der Waals surface area contributed by atoms with E-state index in [9.17, 15) is 4.79 Å². The Morgan fingerprint density at radius 3 is 2.48 bits per heavy atom. The second kappa shape index (κ2) is 9.98. The monoisotopic (exact) mass is 423 g/mol. The summed E-state index contributed by atoms with van der Waals surface area (Å²) in [6.07, 6.45) is 6.76. The van der Waals surface area contributed by atoms with Gasteiger partial charge >= 0.3 is 5.97 Å². The first-order valence-corrected chi connectivity index (χ1v) is 11.5. The van der Waals surface area contributed by atoms with Crippen molar-refractivity contribution in [3.8, 4) is 0 Å². The molecule has 1 aromatic carbocycles. The van der Waals surface area contributed by atoms with Crippen LogP contribution in [0.4, 0.5) is 17.3 Å². The number of benzene rings is 1. The van der Waals surface area contributed by atoms with E-state index in [1.165, 1.54) is 5.56 Å². The van der Waals surface area contributed by atoms with Crippen LogP contribution < -0.4 is 15.5 Å². The van der Waals surface area contributed by atoms with Crippen LogP contribution in [0.5, 0.6) is 0 Å². The molecular formula is C24H33N5O2. The Morgan fingerprint density at radius 2 is 1.77 bits per heavy atom. The molecule has 1 unspecified atom stereocenters.